The summed E-state index contributed by atoms with van der Waals surface area (Å²) >= 11 is 1.74. The second-order valence-corrected chi connectivity index (χ2v) is 6.61. The summed E-state index contributed by atoms with van der Waals surface area (Å²) in [5.74, 6) is 1.66. The van der Waals surface area contributed by atoms with Gasteiger partial charge in [0.2, 0.25) is 0 Å². The molecule has 0 unspecified atom stereocenters. The molecule has 0 aliphatic rings. The van der Waals surface area contributed by atoms with Crippen molar-refractivity contribution in [2.24, 2.45) is 0 Å². The van der Waals surface area contributed by atoms with Crippen LogP contribution in [0.25, 0.3) is 10.8 Å². The third-order valence-electron chi connectivity index (χ3n) is 3.88. The van der Waals surface area contributed by atoms with Gasteiger partial charge >= 0.3 is 0 Å². The van der Waals surface area contributed by atoms with Gasteiger partial charge in [-0.05, 0) is 46.9 Å². The highest BCUT2D eigenvalue weighted by atomic mass is 32.2. The number of thioether (sulfide) groups is 1. The maximum Gasteiger partial charge on any atom is 0.251 e. The molecule has 25 heavy (non-hydrogen) atoms. The van der Waals surface area contributed by atoms with Crippen LogP contribution in [0.2, 0.25) is 0 Å². The molecule has 0 heterocycles. The molecule has 3 rings (SSSR count). The van der Waals surface area contributed by atoms with Gasteiger partial charge in [0.05, 0.1) is 6.54 Å². The Morgan fingerprint density at radius 2 is 1.84 bits per heavy atom. The van der Waals surface area contributed by atoms with Gasteiger partial charge in [-0.15, -0.1) is 0 Å². The average molecular weight is 351 g/mol. The first-order valence-electron chi connectivity index (χ1n) is 8.24. The Labute approximate surface area is 152 Å². The van der Waals surface area contributed by atoms with Crippen LogP contribution in [0, 0.1) is 0 Å². The summed E-state index contributed by atoms with van der Waals surface area (Å²) < 4.78 is 5.74. The van der Waals surface area contributed by atoms with Crippen molar-refractivity contribution in [1.82, 2.24) is 5.32 Å². The summed E-state index contributed by atoms with van der Waals surface area (Å²) in [6.45, 7) is 0.910. The van der Waals surface area contributed by atoms with Gasteiger partial charge < -0.3 is 10.1 Å². The number of ether oxygens (including phenoxy) is 1. The van der Waals surface area contributed by atoms with Crippen LogP contribution in [0.1, 0.15) is 15.9 Å². The molecule has 0 atom stereocenters. The molecule has 3 nitrogen and oxygen atoms in total. The number of rotatable bonds is 7. The van der Waals surface area contributed by atoms with Crippen molar-refractivity contribution in [1.29, 1.82) is 0 Å². The zero-order valence-electron chi connectivity index (χ0n) is 14.2. The van der Waals surface area contributed by atoms with E-state index in [1.54, 1.807) is 11.8 Å². The summed E-state index contributed by atoms with van der Waals surface area (Å²) in [6.07, 6.45) is 2.05. The molecule has 128 valence electrons. The average Bonchev–Trinajstić information content (AvgIpc) is 2.65. The largest absolute Gasteiger partial charge is 0.492 e. The first kappa shape index (κ1) is 17.4. The number of fused-ring (bicyclic) bond motifs is 1. The number of carbonyl (C=O) groups is 1. The minimum Gasteiger partial charge on any atom is -0.492 e. The Kier molecular flexibility index (Phi) is 5.96. The van der Waals surface area contributed by atoms with Gasteiger partial charge in [0.25, 0.3) is 5.91 Å². The molecule has 3 aromatic carbocycles. The van der Waals surface area contributed by atoms with Gasteiger partial charge in [-0.2, -0.15) is 11.8 Å². The normalized spacial score (nSPS) is 10.6. The van der Waals surface area contributed by atoms with E-state index in [0.717, 1.165) is 22.5 Å². The lowest BCUT2D eigenvalue weighted by molar-refractivity contribution is 0.0947. The minimum atomic E-state index is -0.0648. The summed E-state index contributed by atoms with van der Waals surface area (Å²) in [7, 11) is 0. The molecule has 0 aliphatic heterocycles. The molecule has 3 aromatic rings. The Balaban J connectivity index is 1.50. The van der Waals surface area contributed by atoms with E-state index in [1.807, 2.05) is 54.6 Å². The van der Waals surface area contributed by atoms with Crippen molar-refractivity contribution in [3.05, 3.63) is 77.9 Å². The molecule has 0 radical (unpaired) electrons. The Morgan fingerprint density at radius 1 is 1.00 bits per heavy atom. The number of benzene rings is 3. The van der Waals surface area contributed by atoms with E-state index < -0.39 is 0 Å². The SMILES string of the molecule is CSCc1cccc(C(=O)NCCOc2ccc3ccccc3c2)c1. The summed E-state index contributed by atoms with van der Waals surface area (Å²) in [5, 5.41) is 5.24. The molecule has 0 aliphatic carbocycles. The fourth-order valence-electron chi connectivity index (χ4n) is 2.66. The highest BCUT2D eigenvalue weighted by Crippen LogP contribution is 2.20. The number of carbonyl (C=O) groups excluding carboxylic acids is 1. The van der Waals surface area contributed by atoms with Crippen molar-refractivity contribution in [3.8, 4) is 5.75 Å². The topological polar surface area (TPSA) is 38.3 Å². The van der Waals surface area contributed by atoms with E-state index in [2.05, 4.69) is 23.7 Å². The second kappa shape index (κ2) is 8.58. The van der Waals surface area contributed by atoms with Crippen LogP contribution in [-0.4, -0.2) is 25.3 Å². The Hall–Kier alpha value is -2.46. The van der Waals surface area contributed by atoms with Crippen molar-refractivity contribution in [2.75, 3.05) is 19.4 Å². The van der Waals surface area contributed by atoms with Gasteiger partial charge in [0.15, 0.2) is 0 Å². The molecule has 0 fully saturated rings. The quantitative estimate of drug-likeness (QED) is 0.637. The smallest absolute Gasteiger partial charge is 0.251 e. The maximum absolute atomic E-state index is 12.2. The standard InChI is InChI=1S/C21H21NO2S/c1-25-15-16-5-4-8-19(13-16)21(23)22-11-12-24-20-10-9-17-6-2-3-7-18(17)14-20/h2-10,13-14H,11-12,15H2,1H3,(H,22,23). The molecule has 1 N–H and O–H groups in total. The zero-order chi connectivity index (χ0) is 17.5. The summed E-state index contributed by atoms with van der Waals surface area (Å²) in [4.78, 5) is 12.2. The van der Waals surface area contributed by atoms with Crippen LogP contribution >= 0.6 is 11.8 Å². The monoisotopic (exact) mass is 351 g/mol. The third kappa shape index (κ3) is 4.77. The number of hydrogen-bond acceptors (Lipinski definition) is 3. The van der Waals surface area contributed by atoms with Crippen LogP contribution in [0.3, 0.4) is 0 Å². The van der Waals surface area contributed by atoms with Crippen molar-refractivity contribution < 1.29 is 9.53 Å². The van der Waals surface area contributed by atoms with Gasteiger partial charge in [0.1, 0.15) is 12.4 Å². The Morgan fingerprint density at radius 3 is 2.68 bits per heavy atom. The van der Waals surface area contributed by atoms with Crippen LogP contribution in [0.5, 0.6) is 5.75 Å². The molecule has 1 amide bonds. The molecule has 0 saturated carbocycles. The molecule has 0 aromatic heterocycles. The van der Waals surface area contributed by atoms with E-state index in [0.29, 0.717) is 18.7 Å². The zero-order valence-corrected chi connectivity index (χ0v) is 15.0. The molecule has 0 spiro atoms. The molecular formula is C21H21NO2S. The van der Waals surface area contributed by atoms with Gasteiger partial charge in [0, 0.05) is 11.3 Å². The van der Waals surface area contributed by atoms with Gasteiger partial charge in [-0.25, -0.2) is 0 Å². The summed E-state index contributed by atoms with van der Waals surface area (Å²) in [5.41, 5.74) is 1.85. The van der Waals surface area contributed by atoms with E-state index in [-0.39, 0.29) is 5.91 Å². The highest BCUT2D eigenvalue weighted by molar-refractivity contribution is 7.97. The van der Waals surface area contributed by atoms with E-state index in [1.165, 1.54) is 5.39 Å². The molecule has 4 heteroatoms. The lowest BCUT2D eigenvalue weighted by Crippen LogP contribution is -2.28. The lowest BCUT2D eigenvalue weighted by Gasteiger charge is -2.09. The number of hydrogen-bond donors (Lipinski definition) is 1. The van der Waals surface area contributed by atoms with Crippen molar-refractivity contribution in [3.63, 3.8) is 0 Å². The van der Waals surface area contributed by atoms with E-state index in [9.17, 15) is 4.79 Å². The molecule has 0 bridgehead atoms. The number of amides is 1. The summed E-state index contributed by atoms with van der Waals surface area (Å²) in [6, 6.07) is 21.9. The molecular weight excluding hydrogens is 330 g/mol. The fraction of sp³-hybridized carbons (Fsp3) is 0.190. The predicted molar refractivity (Wildman–Crippen MR) is 105 cm³/mol. The van der Waals surface area contributed by atoms with Crippen LogP contribution in [0.4, 0.5) is 0 Å². The Bertz CT molecular complexity index is 863. The maximum atomic E-state index is 12.2. The lowest BCUT2D eigenvalue weighted by atomic mass is 10.1. The van der Waals surface area contributed by atoms with Crippen molar-refractivity contribution >= 4 is 28.4 Å². The van der Waals surface area contributed by atoms with Crippen LogP contribution < -0.4 is 10.1 Å². The van der Waals surface area contributed by atoms with Crippen molar-refractivity contribution in [2.45, 2.75) is 5.75 Å². The highest BCUT2D eigenvalue weighted by Gasteiger charge is 2.05. The second-order valence-electron chi connectivity index (χ2n) is 5.75. The fourth-order valence-corrected chi connectivity index (χ4v) is 3.17. The van der Waals surface area contributed by atoms with Gasteiger partial charge in [-0.3, -0.25) is 4.79 Å². The van der Waals surface area contributed by atoms with E-state index in [4.69, 9.17) is 4.74 Å². The molecule has 0 saturated heterocycles. The van der Waals surface area contributed by atoms with Gasteiger partial charge in [-0.1, -0.05) is 42.5 Å². The minimum absolute atomic E-state index is 0.0648. The number of nitrogens with one attached hydrogen (secondary N) is 1. The van der Waals surface area contributed by atoms with E-state index >= 15 is 0 Å². The van der Waals surface area contributed by atoms with Crippen LogP contribution in [0.15, 0.2) is 66.7 Å². The van der Waals surface area contributed by atoms with Crippen LogP contribution in [-0.2, 0) is 5.75 Å². The third-order valence-corrected chi connectivity index (χ3v) is 4.50. The first-order chi connectivity index (χ1) is 12.3. The predicted octanol–water partition coefficient (Wildman–Crippen LogP) is 4.51. The first-order valence-corrected chi connectivity index (χ1v) is 9.63.